The number of rotatable bonds is 3. The van der Waals surface area contributed by atoms with Crippen LogP contribution in [-0.2, 0) is 10.8 Å². The van der Waals surface area contributed by atoms with E-state index in [2.05, 4.69) is 24.3 Å². The molecule has 5 aliphatic carbocycles. The Morgan fingerprint density at radius 3 is 0.757 bits per heavy atom. The summed E-state index contributed by atoms with van der Waals surface area (Å²) in [5, 5.41) is 84.1. The standard InChI is InChI=1S/C68H9ClO/c1-70-8-4-2-7(3-5-8)68-62-54-45-38-25-18-12-11-13-9-10-14(12)23(25)29-27-16(10)19-15(9)26-28-22(13)24-17(11)20-21(18)32-39-31(20)40-37(24)44-42(28)46-33(26)35-30(19)36-34(27)47(43(29)45)58(62)60-49(36)48(35)59-57(46)61-53(44)50(40)55-52(39)56(51(54)41(32)38)65(68)63(55)67(61,6-69)64(59)66(60)68/h2-5H,6H2,1H3. The summed E-state index contributed by atoms with van der Waals surface area (Å²) >= 11 is 8.35. The summed E-state index contributed by atoms with van der Waals surface area (Å²) in [7, 11) is 1.84. The van der Waals surface area contributed by atoms with E-state index in [1.54, 1.807) is 313 Å². The molecule has 1 nitrogen and oxygen atoms in total. The molecule has 0 spiro atoms. The molecule has 0 radical (unpaired) electrons. The first-order chi connectivity index (χ1) is 34.8. The van der Waals surface area contributed by atoms with Crippen molar-refractivity contribution in [3.8, 4) is 5.75 Å². The van der Waals surface area contributed by atoms with Crippen molar-refractivity contribution < 1.29 is 4.74 Å². The van der Waals surface area contributed by atoms with E-state index < -0.39 is 10.8 Å². The van der Waals surface area contributed by atoms with Gasteiger partial charge in [-0.05, 0) is 331 Å². The van der Waals surface area contributed by atoms with Gasteiger partial charge in [-0.1, -0.05) is 12.1 Å². The van der Waals surface area contributed by atoms with Crippen molar-refractivity contribution in [2.75, 3.05) is 13.0 Å². The summed E-state index contributed by atoms with van der Waals surface area (Å²) in [6.07, 6.45) is 0. The fraction of sp³-hybridized carbons (Fsp3) is 0.0588. The van der Waals surface area contributed by atoms with Crippen LogP contribution in [0.2, 0.25) is 0 Å². The molecule has 5 aliphatic rings. The summed E-state index contributed by atoms with van der Waals surface area (Å²) in [4.78, 5) is 0. The molecule has 28 aromatic carbocycles. The first kappa shape index (κ1) is 26.5. The predicted molar refractivity (Wildman–Crippen MR) is 295 cm³/mol. The quantitative estimate of drug-likeness (QED) is 0.127. The van der Waals surface area contributed by atoms with Gasteiger partial charge in [0.25, 0.3) is 0 Å². The van der Waals surface area contributed by atoms with Crippen molar-refractivity contribution in [3.63, 3.8) is 0 Å². The van der Waals surface area contributed by atoms with Crippen LogP contribution in [-0.4, -0.2) is 13.0 Å². The van der Waals surface area contributed by atoms with Gasteiger partial charge in [-0.3, -0.25) is 0 Å². The molecule has 2 atom stereocenters. The van der Waals surface area contributed by atoms with Crippen LogP contribution in [0.4, 0.5) is 0 Å². The minimum Gasteiger partial charge on any atom is -0.497 e. The van der Waals surface area contributed by atoms with Crippen LogP contribution in [0.25, 0.3) is 280 Å². The van der Waals surface area contributed by atoms with Crippen molar-refractivity contribution >= 4 is 292 Å². The lowest BCUT2D eigenvalue weighted by Gasteiger charge is -2.48. The molecule has 294 valence electrons. The molecule has 0 saturated carbocycles. The zero-order valence-electron chi connectivity index (χ0n) is 35.8. The first-order valence-electron chi connectivity index (χ1n) is 25.8. The van der Waals surface area contributed by atoms with Gasteiger partial charge in [-0.25, -0.2) is 0 Å². The highest BCUT2D eigenvalue weighted by molar-refractivity contribution is 6.81. The van der Waals surface area contributed by atoms with E-state index >= 15 is 0 Å². The van der Waals surface area contributed by atoms with Crippen molar-refractivity contribution in [1.82, 2.24) is 0 Å². The molecule has 33 rings (SSSR count). The van der Waals surface area contributed by atoms with E-state index in [-0.39, 0.29) is 0 Å². The van der Waals surface area contributed by atoms with E-state index in [0.29, 0.717) is 5.88 Å². The van der Waals surface area contributed by atoms with Gasteiger partial charge >= 0.3 is 0 Å². The molecule has 28 aromatic rings. The topological polar surface area (TPSA) is 9.23 Å². The van der Waals surface area contributed by atoms with Gasteiger partial charge < -0.3 is 4.74 Å². The fourth-order valence-corrected chi connectivity index (χ4v) is 25.3. The van der Waals surface area contributed by atoms with E-state index in [1.165, 1.54) is 5.56 Å². The van der Waals surface area contributed by atoms with Crippen LogP contribution in [0.1, 0.15) is 38.9 Å². The minimum atomic E-state index is -0.510. The van der Waals surface area contributed by atoms with Gasteiger partial charge in [0.2, 0.25) is 0 Å². The van der Waals surface area contributed by atoms with Crippen LogP contribution in [0.5, 0.6) is 5.75 Å². The Morgan fingerprint density at radius 1 is 0.257 bits per heavy atom. The zero-order valence-corrected chi connectivity index (χ0v) is 36.6. The summed E-state index contributed by atoms with van der Waals surface area (Å²) < 4.78 is 6.06. The number of ether oxygens (including phenoxy) is 1. The minimum absolute atomic E-state index is 0.473. The van der Waals surface area contributed by atoms with Gasteiger partial charge in [-0.2, -0.15) is 0 Å². The maximum absolute atomic E-state index is 8.35. The van der Waals surface area contributed by atoms with Crippen molar-refractivity contribution in [2.45, 2.75) is 10.8 Å². The second kappa shape index (κ2) is 6.03. The lowest BCUT2D eigenvalue weighted by Crippen LogP contribution is -2.44. The third-order valence-electron chi connectivity index (χ3n) is 25.1. The summed E-state index contributed by atoms with van der Waals surface area (Å²) in [6.45, 7) is 0. The van der Waals surface area contributed by atoms with E-state index in [0.717, 1.165) is 5.75 Å². The SMILES string of the molecule is COc1ccc(C23c4c5c6c7c8c9c%10c%11c(c2c2c%12c3c3c%13c4c6c4c6c7c7c8c8c%10c%10c%14c%11c2c2c%11c%12c%12c3c3c%13c4c4c6c6c7c7c8c%10c8c(c%142)c2c%11c%12c%10c3c4c3c%10c2c8c7c63)C59CCl)cc1. The van der Waals surface area contributed by atoms with Gasteiger partial charge in [0.1, 0.15) is 5.75 Å². The van der Waals surface area contributed by atoms with Crippen LogP contribution >= 0.6 is 11.6 Å². The maximum atomic E-state index is 8.35. The average Bonchev–Trinajstić information content (AvgIpc) is 4.41. The molecule has 2 heteroatoms. The van der Waals surface area contributed by atoms with Crippen molar-refractivity contribution in [3.05, 3.63) is 63.2 Å². The Labute approximate surface area is 387 Å². The summed E-state index contributed by atoms with van der Waals surface area (Å²) in [5.74, 6) is 1.49. The number of halogens is 1. The second-order valence-electron chi connectivity index (χ2n) is 25.3. The Balaban J connectivity index is 1.21. The second-order valence-corrected chi connectivity index (χ2v) is 25.5. The molecule has 70 heavy (non-hydrogen) atoms. The number of methoxy groups -OCH3 is 1. The van der Waals surface area contributed by atoms with E-state index in [4.69, 9.17) is 16.3 Å². The van der Waals surface area contributed by atoms with E-state index in [1.807, 2.05) is 7.11 Å². The van der Waals surface area contributed by atoms with Crippen molar-refractivity contribution in [2.24, 2.45) is 0 Å². The van der Waals surface area contributed by atoms with Crippen LogP contribution in [0.15, 0.2) is 24.3 Å². The van der Waals surface area contributed by atoms with Gasteiger partial charge in [0.05, 0.1) is 17.9 Å². The molecule has 0 bridgehead atoms. The third-order valence-corrected chi connectivity index (χ3v) is 25.5. The Bertz CT molecular complexity index is 7420. The fourth-order valence-electron chi connectivity index (χ4n) is 24.9. The van der Waals surface area contributed by atoms with Gasteiger partial charge in [-0.15, -0.1) is 11.6 Å². The highest BCUT2D eigenvalue weighted by Gasteiger charge is 2.66. The Morgan fingerprint density at radius 2 is 0.457 bits per heavy atom. The number of hydrogen-bond acceptors (Lipinski definition) is 1. The number of benzene rings is 18. The highest BCUT2D eigenvalue weighted by atomic mass is 35.5. The van der Waals surface area contributed by atoms with Crippen molar-refractivity contribution in [1.29, 1.82) is 0 Å². The molecule has 0 aromatic heterocycles. The Hall–Kier alpha value is -8.23. The summed E-state index contributed by atoms with van der Waals surface area (Å²) in [6, 6.07) is 9.62. The third kappa shape index (κ3) is 1.39. The number of hydrogen-bond donors (Lipinski definition) is 0. The normalized spacial score (nSPS) is 21.7. The highest BCUT2D eigenvalue weighted by Crippen LogP contribution is 2.84. The molecule has 0 heterocycles. The molecular weight excluding hydrogens is 868 g/mol. The van der Waals surface area contributed by atoms with E-state index in [9.17, 15) is 0 Å². The molecule has 2 unspecified atom stereocenters. The monoisotopic (exact) mass is 876 g/mol. The van der Waals surface area contributed by atoms with Gasteiger partial charge in [0.15, 0.2) is 0 Å². The molecule has 0 amide bonds. The molecule has 0 fully saturated rings. The lowest BCUT2D eigenvalue weighted by molar-refractivity contribution is 0.414. The molecule has 0 N–H and O–H groups in total. The van der Waals surface area contributed by atoms with Crippen LogP contribution in [0, 0.1) is 0 Å². The van der Waals surface area contributed by atoms with Gasteiger partial charge in [0, 0.05) is 5.88 Å². The first-order valence-corrected chi connectivity index (χ1v) is 26.3. The predicted octanol–water partition coefficient (Wildman–Crippen LogP) is 18.3. The smallest absolute Gasteiger partial charge is 0.118 e. The van der Waals surface area contributed by atoms with Crippen LogP contribution in [0.3, 0.4) is 0 Å². The Kier molecular flexibility index (Phi) is 2.28. The lowest BCUT2D eigenvalue weighted by atomic mass is 9.53. The number of alkyl halides is 1. The maximum Gasteiger partial charge on any atom is 0.118 e. The zero-order chi connectivity index (χ0) is 41.9. The van der Waals surface area contributed by atoms with Crippen LogP contribution < -0.4 is 4.74 Å². The summed E-state index contributed by atoms with van der Waals surface area (Å²) in [5.41, 5.74) is 10.1. The molecule has 0 aliphatic heterocycles. The molecular formula is C68H9ClO. The largest absolute Gasteiger partial charge is 0.497 e. The molecule has 0 saturated heterocycles. The average molecular weight is 877 g/mol.